The zero-order chi connectivity index (χ0) is 13.4. The van der Waals surface area contributed by atoms with Crippen LogP contribution >= 0.6 is 0 Å². The van der Waals surface area contributed by atoms with Crippen LogP contribution in [0, 0.1) is 0 Å². The summed E-state index contributed by atoms with van der Waals surface area (Å²) in [7, 11) is 1.80. The third kappa shape index (κ3) is 1.95. The van der Waals surface area contributed by atoms with Crippen molar-refractivity contribution in [3.8, 4) is 11.4 Å². The maximum atomic E-state index is 11.2. The van der Waals surface area contributed by atoms with Gasteiger partial charge in [0, 0.05) is 24.2 Å². The fourth-order valence-electron chi connectivity index (χ4n) is 2.03. The zero-order valence-electron chi connectivity index (χ0n) is 10.2. The summed E-state index contributed by atoms with van der Waals surface area (Å²) in [6, 6.07) is 10.4. The van der Waals surface area contributed by atoms with Crippen molar-refractivity contribution in [2.75, 3.05) is 0 Å². The van der Waals surface area contributed by atoms with E-state index in [2.05, 4.69) is 10.1 Å². The van der Waals surface area contributed by atoms with Gasteiger partial charge < -0.3 is 9.90 Å². The van der Waals surface area contributed by atoms with Gasteiger partial charge in [-0.05, 0) is 18.2 Å². The zero-order valence-corrected chi connectivity index (χ0v) is 10.2. The SMILES string of the molecule is Cn1ccc(-c2cc(C(=O)[O-])c3ccccc3n2)n1. The summed E-state index contributed by atoms with van der Waals surface area (Å²) >= 11 is 0. The molecule has 5 nitrogen and oxygen atoms in total. The fraction of sp³-hybridized carbons (Fsp3) is 0.0714. The number of nitrogens with zero attached hydrogens (tertiary/aromatic N) is 3. The topological polar surface area (TPSA) is 70.8 Å². The average Bonchev–Trinajstić information content (AvgIpc) is 2.84. The monoisotopic (exact) mass is 252 g/mol. The maximum Gasteiger partial charge on any atom is 0.111 e. The van der Waals surface area contributed by atoms with E-state index in [0.717, 1.165) is 0 Å². The number of rotatable bonds is 2. The largest absolute Gasteiger partial charge is 0.545 e. The van der Waals surface area contributed by atoms with Crippen LogP contribution in [0.2, 0.25) is 0 Å². The molecule has 0 aliphatic rings. The molecule has 0 fully saturated rings. The van der Waals surface area contributed by atoms with Crippen LogP contribution in [0.3, 0.4) is 0 Å². The summed E-state index contributed by atoms with van der Waals surface area (Å²) < 4.78 is 1.64. The van der Waals surface area contributed by atoms with E-state index in [0.29, 0.717) is 22.3 Å². The average molecular weight is 252 g/mol. The van der Waals surface area contributed by atoms with Crippen LogP contribution in [0.15, 0.2) is 42.6 Å². The first-order chi connectivity index (χ1) is 9.15. The number of aromatic carboxylic acids is 1. The Kier molecular flexibility index (Phi) is 2.52. The fourth-order valence-corrected chi connectivity index (χ4v) is 2.03. The highest BCUT2D eigenvalue weighted by Crippen LogP contribution is 2.23. The van der Waals surface area contributed by atoms with Crippen molar-refractivity contribution in [1.29, 1.82) is 0 Å². The minimum absolute atomic E-state index is 0.131. The Morgan fingerprint density at radius 1 is 1.21 bits per heavy atom. The molecule has 1 aromatic carbocycles. The molecule has 0 saturated heterocycles. The standard InChI is InChI=1S/C14H11N3O2/c1-17-7-6-12(16-17)13-8-10(14(18)19)9-4-2-3-5-11(9)15-13/h2-8H,1H3,(H,18,19)/p-1. The minimum Gasteiger partial charge on any atom is -0.545 e. The first-order valence-corrected chi connectivity index (χ1v) is 5.76. The van der Waals surface area contributed by atoms with E-state index in [4.69, 9.17) is 0 Å². The lowest BCUT2D eigenvalue weighted by molar-refractivity contribution is -0.254. The number of carbonyl (C=O) groups excluding carboxylic acids is 1. The summed E-state index contributed by atoms with van der Waals surface area (Å²) in [6.07, 6.45) is 1.78. The molecule has 0 amide bonds. The summed E-state index contributed by atoms with van der Waals surface area (Å²) in [4.78, 5) is 15.7. The molecule has 3 aromatic rings. The molecule has 3 rings (SSSR count). The third-order valence-electron chi connectivity index (χ3n) is 2.91. The van der Waals surface area contributed by atoms with Crippen LogP contribution in [0.25, 0.3) is 22.3 Å². The smallest absolute Gasteiger partial charge is 0.111 e. The number of aryl methyl sites for hydroxylation is 1. The van der Waals surface area contributed by atoms with Crippen LogP contribution in [0.1, 0.15) is 10.4 Å². The molecule has 19 heavy (non-hydrogen) atoms. The van der Waals surface area contributed by atoms with Gasteiger partial charge in [-0.15, -0.1) is 0 Å². The van der Waals surface area contributed by atoms with Gasteiger partial charge in [-0.25, -0.2) is 4.98 Å². The van der Waals surface area contributed by atoms with E-state index in [1.165, 1.54) is 6.07 Å². The Balaban J connectivity index is 2.30. The van der Waals surface area contributed by atoms with Crippen LogP contribution in [-0.2, 0) is 7.05 Å². The van der Waals surface area contributed by atoms with E-state index < -0.39 is 5.97 Å². The Hall–Kier alpha value is -2.69. The molecule has 5 heteroatoms. The minimum atomic E-state index is -1.21. The summed E-state index contributed by atoms with van der Waals surface area (Å²) in [5.74, 6) is -1.21. The van der Waals surface area contributed by atoms with Crippen molar-refractivity contribution < 1.29 is 9.90 Å². The number of pyridine rings is 1. The van der Waals surface area contributed by atoms with Crippen LogP contribution < -0.4 is 5.11 Å². The van der Waals surface area contributed by atoms with Crippen molar-refractivity contribution in [1.82, 2.24) is 14.8 Å². The third-order valence-corrected chi connectivity index (χ3v) is 2.91. The molecule has 0 unspecified atom stereocenters. The lowest BCUT2D eigenvalue weighted by Gasteiger charge is -2.09. The highest BCUT2D eigenvalue weighted by atomic mass is 16.4. The van der Waals surface area contributed by atoms with Gasteiger partial charge >= 0.3 is 0 Å². The molecule has 0 spiro atoms. The van der Waals surface area contributed by atoms with Crippen molar-refractivity contribution in [2.24, 2.45) is 7.05 Å². The second-order valence-electron chi connectivity index (χ2n) is 4.23. The number of para-hydroxylation sites is 1. The predicted octanol–water partition coefficient (Wildman–Crippen LogP) is 0.999. The number of benzene rings is 1. The summed E-state index contributed by atoms with van der Waals surface area (Å²) in [5.41, 5.74) is 1.91. The first kappa shape index (κ1) is 11.4. The Bertz CT molecular complexity index is 777. The van der Waals surface area contributed by atoms with Gasteiger partial charge in [0.25, 0.3) is 0 Å². The van der Waals surface area contributed by atoms with Crippen molar-refractivity contribution >= 4 is 16.9 Å². The predicted molar refractivity (Wildman–Crippen MR) is 68.3 cm³/mol. The number of hydrogen-bond donors (Lipinski definition) is 0. The Morgan fingerprint density at radius 3 is 2.68 bits per heavy atom. The molecule has 0 N–H and O–H groups in total. The number of hydrogen-bond acceptors (Lipinski definition) is 4. The maximum absolute atomic E-state index is 11.2. The van der Waals surface area contributed by atoms with Crippen molar-refractivity contribution in [3.05, 3.63) is 48.2 Å². The molecule has 94 valence electrons. The van der Waals surface area contributed by atoms with Crippen molar-refractivity contribution in [3.63, 3.8) is 0 Å². The van der Waals surface area contributed by atoms with Crippen LogP contribution in [-0.4, -0.2) is 20.7 Å². The number of fused-ring (bicyclic) bond motifs is 1. The quantitative estimate of drug-likeness (QED) is 0.682. The van der Waals surface area contributed by atoms with Gasteiger partial charge in [-0.2, -0.15) is 5.10 Å². The molecule has 2 heterocycles. The van der Waals surface area contributed by atoms with Gasteiger partial charge in [0.2, 0.25) is 0 Å². The van der Waals surface area contributed by atoms with Crippen LogP contribution in [0.4, 0.5) is 0 Å². The van der Waals surface area contributed by atoms with E-state index >= 15 is 0 Å². The lowest BCUT2D eigenvalue weighted by Crippen LogP contribution is -2.22. The lowest BCUT2D eigenvalue weighted by atomic mass is 10.1. The summed E-state index contributed by atoms with van der Waals surface area (Å²) in [6.45, 7) is 0. The normalized spacial score (nSPS) is 10.8. The second-order valence-corrected chi connectivity index (χ2v) is 4.23. The molecule has 0 bridgehead atoms. The highest BCUT2D eigenvalue weighted by molar-refractivity contribution is 6.02. The molecule has 0 saturated carbocycles. The Labute approximate surface area is 109 Å². The summed E-state index contributed by atoms with van der Waals surface area (Å²) in [5, 5.41) is 16.0. The first-order valence-electron chi connectivity index (χ1n) is 5.76. The number of aromatic nitrogens is 3. The highest BCUT2D eigenvalue weighted by Gasteiger charge is 2.09. The van der Waals surface area contributed by atoms with E-state index in [-0.39, 0.29) is 5.56 Å². The molecular formula is C14H10N3O2-. The number of carboxylic acids is 1. The van der Waals surface area contributed by atoms with Crippen LogP contribution in [0.5, 0.6) is 0 Å². The van der Waals surface area contributed by atoms with Gasteiger partial charge in [0.15, 0.2) is 0 Å². The molecule has 0 aliphatic carbocycles. The second kappa shape index (κ2) is 4.20. The molecule has 0 radical (unpaired) electrons. The molecule has 0 aliphatic heterocycles. The van der Waals surface area contributed by atoms with Gasteiger partial charge in [0.05, 0.1) is 17.2 Å². The van der Waals surface area contributed by atoms with Gasteiger partial charge in [0.1, 0.15) is 5.69 Å². The molecular weight excluding hydrogens is 242 g/mol. The molecule has 2 aromatic heterocycles. The van der Waals surface area contributed by atoms with E-state index in [1.807, 2.05) is 6.07 Å². The number of carboxylic acid groups (broad SMARTS) is 1. The number of carbonyl (C=O) groups is 1. The van der Waals surface area contributed by atoms with Gasteiger partial charge in [-0.1, -0.05) is 18.2 Å². The van der Waals surface area contributed by atoms with Gasteiger partial charge in [-0.3, -0.25) is 4.68 Å². The van der Waals surface area contributed by atoms with Crippen molar-refractivity contribution in [2.45, 2.75) is 0 Å². The Morgan fingerprint density at radius 2 is 2.00 bits per heavy atom. The molecule has 0 atom stereocenters. The van der Waals surface area contributed by atoms with E-state index in [9.17, 15) is 9.90 Å². The van der Waals surface area contributed by atoms with E-state index in [1.54, 1.807) is 42.2 Å².